The fourth-order valence-corrected chi connectivity index (χ4v) is 1.93. The van der Waals surface area contributed by atoms with Gasteiger partial charge in [-0.25, -0.2) is 4.98 Å². The smallest absolute Gasteiger partial charge is 0.271 e. The lowest BCUT2D eigenvalue weighted by atomic mass is 10.1. The highest BCUT2D eigenvalue weighted by atomic mass is 16.2. The van der Waals surface area contributed by atoms with Crippen LogP contribution in [0, 0.1) is 0 Å². The molecule has 0 bridgehead atoms. The highest BCUT2D eigenvalue weighted by Crippen LogP contribution is 2.21. The van der Waals surface area contributed by atoms with Crippen molar-refractivity contribution in [1.82, 2.24) is 15.2 Å². The fraction of sp³-hybridized carbons (Fsp3) is 0.500. The molecule has 1 aliphatic rings. The second kappa shape index (κ2) is 4.61. The molecular formula is C12H17N3O. The zero-order valence-electron chi connectivity index (χ0n) is 9.73. The van der Waals surface area contributed by atoms with E-state index < -0.39 is 0 Å². The zero-order chi connectivity index (χ0) is 11.5. The molecule has 1 fully saturated rings. The Balaban J connectivity index is 2.22. The van der Waals surface area contributed by atoms with Crippen LogP contribution in [0.2, 0.25) is 0 Å². The minimum absolute atomic E-state index is 0.0418. The van der Waals surface area contributed by atoms with Crippen LogP contribution in [0.15, 0.2) is 18.2 Å². The summed E-state index contributed by atoms with van der Waals surface area (Å²) in [4.78, 5) is 17.7. The van der Waals surface area contributed by atoms with E-state index in [1.54, 1.807) is 25.1 Å². The lowest BCUT2D eigenvalue weighted by molar-refractivity contribution is 0.0821. The third-order valence-electron chi connectivity index (χ3n) is 2.81. The molecule has 1 atom stereocenters. The Morgan fingerprint density at radius 1 is 1.50 bits per heavy atom. The summed E-state index contributed by atoms with van der Waals surface area (Å²) < 4.78 is 0. The van der Waals surface area contributed by atoms with E-state index in [1.165, 1.54) is 6.42 Å². The Hall–Kier alpha value is -1.42. The minimum Gasteiger partial charge on any atom is -0.343 e. The SMILES string of the molecule is CN(C)C(=O)c1cccc([C@@H]2CCCN2)n1. The van der Waals surface area contributed by atoms with Crippen molar-refractivity contribution in [2.45, 2.75) is 18.9 Å². The van der Waals surface area contributed by atoms with E-state index in [-0.39, 0.29) is 5.91 Å². The topological polar surface area (TPSA) is 45.2 Å². The molecule has 0 radical (unpaired) electrons. The van der Waals surface area contributed by atoms with Crippen LogP contribution in [-0.4, -0.2) is 36.4 Å². The number of carbonyl (C=O) groups excluding carboxylic acids is 1. The van der Waals surface area contributed by atoms with Gasteiger partial charge in [-0.3, -0.25) is 4.79 Å². The van der Waals surface area contributed by atoms with Crippen molar-refractivity contribution in [3.8, 4) is 0 Å². The standard InChI is InChI=1S/C12H17N3O/c1-15(2)12(16)11-6-3-5-10(14-11)9-7-4-8-13-9/h3,5-6,9,13H,4,7-8H2,1-2H3/t9-/m0/s1. The van der Waals surface area contributed by atoms with Gasteiger partial charge in [0.25, 0.3) is 5.91 Å². The van der Waals surface area contributed by atoms with E-state index in [0.29, 0.717) is 11.7 Å². The van der Waals surface area contributed by atoms with Crippen molar-refractivity contribution in [2.24, 2.45) is 0 Å². The summed E-state index contributed by atoms with van der Waals surface area (Å²) in [5, 5.41) is 3.38. The Morgan fingerprint density at radius 2 is 2.31 bits per heavy atom. The predicted molar refractivity (Wildman–Crippen MR) is 62.2 cm³/mol. The van der Waals surface area contributed by atoms with Crippen LogP contribution in [0.3, 0.4) is 0 Å². The maximum absolute atomic E-state index is 11.8. The van der Waals surface area contributed by atoms with Crippen LogP contribution in [-0.2, 0) is 0 Å². The number of hydrogen-bond acceptors (Lipinski definition) is 3. The molecule has 16 heavy (non-hydrogen) atoms. The molecule has 0 unspecified atom stereocenters. The summed E-state index contributed by atoms with van der Waals surface area (Å²) in [6.45, 7) is 1.04. The third-order valence-corrected chi connectivity index (χ3v) is 2.81. The van der Waals surface area contributed by atoms with Crippen LogP contribution in [0.25, 0.3) is 0 Å². The summed E-state index contributed by atoms with van der Waals surface area (Å²) >= 11 is 0. The Kier molecular flexibility index (Phi) is 3.19. The third kappa shape index (κ3) is 2.22. The molecule has 1 N–H and O–H groups in total. The molecule has 4 heteroatoms. The van der Waals surface area contributed by atoms with Gasteiger partial charge in [-0.1, -0.05) is 6.07 Å². The molecule has 0 saturated carbocycles. The Labute approximate surface area is 95.7 Å². The molecule has 2 rings (SSSR count). The normalized spacial score (nSPS) is 19.8. The van der Waals surface area contributed by atoms with Crippen molar-refractivity contribution in [3.63, 3.8) is 0 Å². The van der Waals surface area contributed by atoms with E-state index in [2.05, 4.69) is 10.3 Å². The van der Waals surface area contributed by atoms with E-state index in [4.69, 9.17) is 0 Å². The summed E-state index contributed by atoms with van der Waals surface area (Å²) in [5.41, 5.74) is 1.50. The van der Waals surface area contributed by atoms with E-state index in [1.807, 2.05) is 12.1 Å². The number of rotatable bonds is 2. The maximum Gasteiger partial charge on any atom is 0.271 e. The van der Waals surface area contributed by atoms with Crippen LogP contribution >= 0.6 is 0 Å². The molecule has 1 saturated heterocycles. The second-order valence-electron chi connectivity index (χ2n) is 4.30. The van der Waals surface area contributed by atoms with Gasteiger partial charge in [-0.15, -0.1) is 0 Å². The average molecular weight is 219 g/mol. The van der Waals surface area contributed by atoms with Gasteiger partial charge in [0.1, 0.15) is 5.69 Å². The second-order valence-corrected chi connectivity index (χ2v) is 4.30. The first-order chi connectivity index (χ1) is 7.68. The van der Waals surface area contributed by atoms with Crippen molar-refractivity contribution in [1.29, 1.82) is 0 Å². The van der Waals surface area contributed by atoms with Crippen molar-refractivity contribution in [3.05, 3.63) is 29.6 Å². The summed E-state index contributed by atoms with van der Waals surface area (Å²) in [5.74, 6) is -0.0418. The van der Waals surface area contributed by atoms with Gasteiger partial charge >= 0.3 is 0 Å². The number of carbonyl (C=O) groups is 1. The number of nitrogens with one attached hydrogen (secondary N) is 1. The average Bonchev–Trinajstić information content (AvgIpc) is 2.81. The van der Waals surface area contributed by atoms with Crippen LogP contribution in [0.1, 0.15) is 35.1 Å². The molecule has 1 aromatic heterocycles. The summed E-state index contributed by atoms with van der Waals surface area (Å²) in [6.07, 6.45) is 2.28. The van der Waals surface area contributed by atoms with Gasteiger partial charge in [-0.05, 0) is 31.5 Å². The molecule has 86 valence electrons. The monoisotopic (exact) mass is 219 g/mol. The van der Waals surface area contributed by atoms with Crippen molar-refractivity contribution in [2.75, 3.05) is 20.6 Å². The first kappa shape index (κ1) is 11.1. The molecule has 4 nitrogen and oxygen atoms in total. The number of aromatic nitrogens is 1. The van der Waals surface area contributed by atoms with Crippen molar-refractivity contribution < 1.29 is 4.79 Å². The highest BCUT2D eigenvalue weighted by Gasteiger charge is 2.19. The quantitative estimate of drug-likeness (QED) is 0.813. The summed E-state index contributed by atoms with van der Waals surface area (Å²) in [7, 11) is 3.48. The molecule has 1 aliphatic heterocycles. The fourth-order valence-electron chi connectivity index (χ4n) is 1.93. The molecule has 0 spiro atoms. The van der Waals surface area contributed by atoms with Gasteiger partial charge in [-0.2, -0.15) is 0 Å². The molecule has 0 aromatic carbocycles. The van der Waals surface area contributed by atoms with Gasteiger partial charge in [0, 0.05) is 20.1 Å². The molecule has 0 aliphatic carbocycles. The molecular weight excluding hydrogens is 202 g/mol. The van der Waals surface area contributed by atoms with E-state index in [9.17, 15) is 4.79 Å². The molecule has 2 heterocycles. The predicted octanol–water partition coefficient (Wildman–Crippen LogP) is 1.21. The number of hydrogen-bond donors (Lipinski definition) is 1. The van der Waals surface area contributed by atoms with Gasteiger partial charge in [0.15, 0.2) is 0 Å². The zero-order valence-corrected chi connectivity index (χ0v) is 9.73. The Morgan fingerprint density at radius 3 is 2.94 bits per heavy atom. The van der Waals surface area contributed by atoms with Gasteiger partial charge in [0.2, 0.25) is 0 Å². The number of pyridine rings is 1. The Bertz CT molecular complexity index is 384. The lowest BCUT2D eigenvalue weighted by Gasteiger charge is -2.13. The lowest BCUT2D eigenvalue weighted by Crippen LogP contribution is -2.24. The first-order valence-corrected chi connectivity index (χ1v) is 5.60. The van der Waals surface area contributed by atoms with E-state index in [0.717, 1.165) is 18.7 Å². The highest BCUT2D eigenvalue weighted by molar-refractivity contribution is 5.91. The van der Waals surface area contributed by atoms with Gasteiger partial charge < -0.3 is 10.2 Å². The molecule has 1 amide bonds. The largest absolute Gasteiger partial charge is 0.343 e. The molecule has 1 aromatic rings. The van der Waals surface area contributed by atoms with Crippen molar-refractivity contribution >= 4 is 5.91 Å². The number of nitrogens with zero attached hydrogens (tertiary/aromatic N) is 2. The summed E-state index contributed by atoms with van der Waals surface area (Å²) in [6, 6.07) is 5.96. The van der Waals surface area contributed by atoms with Crippen LogP contribution in [0.4, 0.5) is 0 Å². The maximum atomic E-state index is 11.8. The van der Waals surface area contributed by atoms with Crippen LogP contribution < -0.4 is 5.32 Å². The first-order valence-electron chi connectivity index (χ1n) is 5.60. The van der Waals surface area contributed by atoms with Gasteiger partial charge in [0.05, 0.1) is 5.69 Å². The minimum atomic E-state index is -0.0418. The number of amides is 1. The van der Waals surface area contributed by atoms with E-state index >= 15 is 0 Å². The van der Waals surface area contributed by atoms with Crippen LogP contribution in [0.5, 0.6) is 0 Å².